The summed E-state index contributed by atoms with van der Waals surface area (Å²) in [5.74, 6) is 0.529. The summed E-state index contributed by atoms with van der Waals surface area (Å²) < 4.78 is 0. The highest BCUT2D eigenvalue weighted by molar-refractivity contribution is 7.80. The fourth-order valence-corrected chi connectivity index (χ4v) is 3.41. The van der Waals surface area contributed by atoms with Crippen LogP contribution in [0.2, 0.25) is 0 Å². The Kier molecular flexibility index (Phi) is 4.46. The lowest BCUT2D eigenvalue weighted by molar-refractivity contribution is 0.342. The molecule has 1 heterocycles. The Morgan fingerprint density at radius 2 is 2.00 bits per heavy atom. The van der Waals surface area contributed by atoms with E-state index in [4.69, 9.17) is 18.0 Å². The molecule has 4 heteroatoms. The summed E-state index contributed by atoms with van der Waals surface area (Å²) in [6, 6.07) is 8.16. The number of rotatable bonds is 3. The van der Waals surface area contributed by atoms with Crippen molar-refractivity contribution in [3.63, 3.8) is 0 Å². The fourth-order valence-electron chi connectivity index (χ4n) is 3.10. The first-order chi connectivity index (χ1) is 10.2. The Morgan fingerprint density at radius 1 is 1.19 bits per heavy atom. The lowest BCUT2D eigenvalue weighted by Gasteiger charge is -2.28. The van der Waals surface area contributed by atoms with Crippen molar-refractivity contribution in [1.82, 2.24) is 4.98 Å². The molecule has 1 aliphatic rings. The zero-order valence-electron chi connectivity index (χ0n) is 12.1. The minimum Gasteiger partial charge on any atom is -0.349 e. The number of fused-ring (bicyclic) bond motifs is 1. The molecule has 0 spiro atoms. The second kappa shape index (κ2) is 6.50. The monoisotopic (exact) mass is 299 g/mol. The molecular formula is C17H21N3S. The summed E-state index contributed by atoms with van der Waals surface area (Å²) in [5.41, 5.74) is 7.33. The zero-order valence-corrected chi connectivity index (χ0v) is 12.9. The molecule has 110 valence electrons. The van der Waals surface area contributed by atoms with Crippen LogP contribution in [0, 0.1) is 5.92 Å². The molecule has 1 aliphatic carbocycles. The molecular weight excluding hydrogens is 278 g/mol. The van der Waals surface area contributed by atoms with Crippen LogP contribution in [0.25, 0.3) is 10.8 Å². The largest absolute Gasteiger partial charge is 0.349 e. The van der Waals surface area contributed by atoms with Crippen molar-refractivity contribution in [1.29, 1.82) is 0 Å². The van der Waals surface area contributed by atoms with E-state index in [0.717, 1.165) is 16.1 Å². The summed E-state index contributed by atoms with van der Waals surface area (Å²) >= 11 is 5.51. The van der Waals surface area contributed by atoms with Gasteiger partial charge in [-0.2, -0.15) is 0 Å². The molecule has 0 radical (unpaired) electrons. The van der Waals surface area contributed by atoms with E-state index in [2.05, 4.69) is 22.4 Å². The second-order valence-electron chi connectivity index (χ2n) is 5.85. The van der Waals surface area contributed by atoms with Crippen LogP contribution in [0.15, 0.2) is 36.7 Å². The van der Waals surface area contributed by atoms with Crippen molar-refractivity contribution in [2.24, 2.45) is 11.7 Å². The van der Waals surface area contributed by atoms with E-state index in [9.17, 15) is 0 Å². The number of aromatic nitrogens is 1. The first-order valence-electron chi connectivity index (χ1n) is 7.64. The number of anilines is 1. The molecule has 0 bridgehead atoms. The Hall–Kier alpha value is -1.52. The van der Waals surface area contributed by atoms with E-state index < -0.39 is 0 Å². The average Bonchev–Trinajstić information content (AvgIpc) is 2.55. The molecule has 3 N–H and O–H groups in total. The molecule has 1 fully saturated rings. The Morgan fingerprint density at radius 3 is 2.81 bits per heavy atom. The third kappa shape index (κ3) is 3.39. The third-order valence-corrected chi connectivity index (χ3v) is 4.74. The topological polar surface area (TPSA) is 50.9 Å². The predicted molar refractivity (Wildman–Crippen MR) is 92.5 cm³/mol. The lowest BCUT2D eigenvalue weighted by atomic mass is 9.84. The maximum absolute atomic E-state index is 6.34. The highest BCUT2D eigenvalue weighted by atomic mass is 32.1. The van der Waals surface area contributed by atoms with Gasteiger partial charge in [0.1, 0.15) is 0 Å². The number of hydrogen-bond acceptors (Lipinski definition) is 3. The fraction of sp³-hybridized carbons (Fsp3) is 0.412. The normalized spacial score (nSPS) is 17.6. The van der Waals surface area contributed by atoms with Gasteiger partial charge >= 0.3 is 0 Å². The molecule has 0 saturated heterocycles. The number of hydrogen-bond donors (Lipinski definition) is 2. The number of thiocarbonyl (C=S) groups is 1. The molecule has 0 amide bonds. The summed E-state index contributed by atoms with van der Waals surface area (Å²) in [4.78, 5) is 4.91. The van der Waals surface area contributed by atoms with E-state index in [1.807, 2.05) is 18.3 Å². The minimum absolute atomic E-state index is 0.0371. The molecule has 2 aromatic rings. The van der Waals surface area contributed by atoms with Gasteiger partial charge in [-0.05, 0) is 42.3 Å². The van der Waals surface area contributed by atoms with Crippen molar-refractivity contribution in [3.05, 3.63) is 36.7 Å². The van der Waals surface area contributed by atoms with E-state index in [1.54, 1.807) is 6.20 Å². The van der Waals surface area contributed by atoms with Gasteiger partial charge in [-0.15, -0.1) is 0 Å². The predicted octanol–water partition coefficient (Wildman–Crippen LogP) is 3.88. The van der Waals surface area contributed by atoms with Crippen LogP contribution < -0.4 is 11.1 Å². The lowest BCUT2D eigenvalue weighted by Crippen LogP contribution is -2.41. The molecule has 3 nitrogen and oxygen atoms in total. The van der Waals surface area contributed by atoms with Crippen LogP contribution in [0.4, 0.5) is 5.69 Å². The molecule has 0 aliphatic heterocycles. The van der Waals surface area contributed by atoms with Gasteiger partial charge < -0.3 is 11.1 Å². The van der Waals surface area contributed by atoms with Gasteiger partial charge in [-0.3, -0.25) is 4.98 Å². The van der Waals surface area contributed by atoms with Crippen LogP contribution in [-0.2, 0) is 0 Å². The number of benzene rings is 1. The molecule has 1 atom stereocenters. The molecule has 1 saturated carbocycles. The van der Waals surface area contributed by atoms with E-state index >= 15 is 0 Å². The van der Waals surface area contributed by atoms with Gasteiger partial charge in [0.2, 0.25) is 0 Å². The Labute approximate surface area is 130 Å². The maximum atomic E-state index is 6.34. The van der Waals surface area contributed by atoms with Gasteiger partial charge in [-0.25, -0.2) is 0 Å². The second-order valence-corrected chi connectivity index (χ2v) is 6.29. The van der Waals surface area contributed by atoms with Crippen molar-refractivity contribution in [2.75, 3.05) is 5.32 Å². The van der Waals surface area contributed by atoms with Crippen molar-refractivity contribution in [3.8, 4) is 0 Å². The van der Waals surface area contributed by atoms with Crippen LogP contribution in [-0.4, -0.2) is 16.0 Å². The van der Waals surface area contributed by atoms with E-state index in [-0.39, 0.29) is 6.04 Å². The SMILES string of the molecule is N[C@@H](C(=S)Nc1ccc2ccncc2c1)C1CCCCC1. The first kappa shape index (κ1) is 14.4. The minimum atomic E-state index is -0.0371. The highest BCUT2D eigenvalue weighted by Gasteiger charge is 2.23. The van der Waals surface area contributed by atoms with Crippen LogP contribution >= 0.6 is 12.2 Å². The van der Waals surface area contributed by atoms with Gasteiger partial charge in [0.15, 0.2) is 0 Å². The zero-order chi connectivity index (χ0) is 14.7. The van der Waals surface area contributed by atoms with Crippen LogP contribution in [0.1, 0.15) is 32.1 Å². The first-order valence-corrected chi connectivity index (χ1v) is 8.05. The third-order valence-electron chi connectivity index (χ3n) is 4.37. The van der Waals surface area contributed by atoms with E-state index in [1.165, 1.54) is 37.5 Å². The number of nitrogens with two attached hydrogens (primary N) is 1. The average molecular weight is 299 g/mol. The summed E-state index contributed by atoms with van der Waals surface area (Å²) in [7, 11) is 0. The van der Waals surface area contributed by atoms with Gasteiger partial charge in [0, 0.05) is 23.5 Å². The Balaban J connectivity index is 1.70. The van der Waals surface area contributed by atoms with Gasteiger partial charge in [-0.1, -0.05) is 37.5 Å². The summed E-state index contributed by atoms with van der Waals surface area (Å²) in [6.07, 6.45) is 9.96. The summed E-state index contributed by atoms with van der Waals surface area (Å²) in [6.45, 7) is 0. The molecule has 0 unspecified atom stereocenters. The number of nitrogens with zero attached hydrogens (tertiary/aromatic N) is 1. The molecule has 3 rings (SSSR count). The highest BCUT2D eigenvalue weighted by Crippen LogP contribution is 2.27. The number of pyridine rings is 1. The van der Waals surface area contributed by atoms with Crippen LogP contribution in [0.5, 0.6) is 0 Å². The van der Waals surface area contributed by atoms with Crippen LogP contribution in [0.3, 0.4) is 0 Å². The Bertz CT molecular complexity index is 635. The maximum Gasteiger partial charge on any atom is 0.0970 e. The summed E-state index contributed by atoms with van der Waals surface area (Å²) in [5, 5.41) is 5.60. The van der Waals surface area contributed by atoms with Gasteiger partial charge in [0.25, 0.3) is 0 Å². The van der Waals surface area contributed by atoms with Gasteiger partial charge in [0.05, 0.1) is 11.0 Å². The quantitative estimate of drug-likeness (QED) is 0.844. The van der Waals surface area contributed by atoms with E-state index in [0.29, 0.717) is 5.92 Å². The van der Waals surface area contributed by atoms with Crippen molar-refractivity contribution < 1.29 is 0 Å². The molecule has 1 aromatic heterocycles. The van der Waals surface area contributed by atoms with Crippen molar-refractivity contribution >= 4 is 33.7 Å². The van der Waals surface area contributed by atoms with Crippen molar-refractivity contribution in [2.45, 2.75) is 38.1 Å². The smallest absolute Gasteiger partial charge is 0.0970 e. The molecule has 21 heavy (non-hydrogen) atoms. The standard InChI is InChI=1S/C17H21N3S/c18-16(13-4-2-1-3-5-13)17(21)20-15-7-6-12-8-9-19-11-14(12)10-15/h6-11,13,16H,1-5,18H2,(H,20,21)/t16-/m1/s1. The molecule has 1 aromatic carbocycles. The number of nitrogens with one attached hydrogen (secondary N) is 1.